The van der Waals surface area contributed by atoms with Gasteiger partial charge in [-0.1, -0.05) is 39.5 Å². The molecule has 96 valence electrons. The zero-order valence-corrected chi connectivity index (χ0v) is 12.3. The van der Waals surface area contributed by atoms with Crippen LogP contribution in [0.5, 0.6) is 0 Å². The van der Waals surface area contributed by atoms with Crippen LogP contribution in [-0.4, -0.2) is 23.6 Å². The van der Waals surface area contributed by atoms with Gasteiger partial charge in [-0.2, -0.15) is 11.8 Å². The molecule has 0 aliphatic heterocycles. The summed E-state index contributed by atoms with van der Waals surface area (Å²) in [5.74, 6) is 0.794. The average Bonchev–Trinajstić information content (AvgIpc) is 2.36. The van der Waals surface area contributed by atoms with E-state index in [-0.39, 0.29) is 0 Å². The van der Waals surface area contributed by atoms with E-state index in [1.54, 1.807) is 0 Å². The first kappa shape index (κ1) is 14.4. The first-order valence-electron chi connectivity index (χ1n) is 6.92. The van der Waals surface area contributed by atoms with Crippen LogP contribution in [0.25, 0.3) is 0 Å². The standard InChI is InChI=1S/C14H29NS/c1-5-12(2)13(3)15-11-14(16-4)9-7-6-8-10-14/h12-13,15H,5-11H2,1-4H3. The van der Waals surface area contributed by atoms with Crippen LogP contribution in [0.15, 0.2) is 0 Å². The summed E-state index contributed by atoms with van der Waals surface area (Å²) in [7, 11) is 0. The molecule has 16 heavy (non-hydrogen) atoms. The fraction of sp³-hybridized carbons (Fsp3) is 1.00. The zero-order valence-electron chi connectivity index (χ0n) is 11.5. The van der Waals surface area contributed by atoms with E-state index >= 15 is 0 Å². The summed E-state index contributed by atoms with van der Waals surface area (Å²) < 4.78 is 0.542. The molecule has 0 amide bonds. The van der Waals surface area contributed by atoms with Crippen molar-refractivity contribution in [3.05, 3.63) is 0 Å². The third-order valence-electron chi connectivity index (χ3n) is 4.44. The summed E-state index contributed by atoms with van der Waals surface area (Å²) in [5, 5.41) is 3.77. The molecule has 0 spiro atoms. The number of nitrogens with one attached hydrogen (secondary N) is 1. The summed E-state index contributed by atoms with van der Waals surface area (Å²) in [6, 6.07) is 0.663. The molecule has 2 unspecified atom stereocenters. The quantitative estimate of drug-likeness (QED) is 0.754. The Morgan fingerprint density at radius 3 is 2.31 bits per heavy atom. The van der Waals surface area contributed by atoms with Crippen molar-refractivity contribution in [1.82, 2.24) is 5.32 Å². The molecule has 1 saturated carbocycles. The second-order valence-corrected chi connectivity index (χ2v) is 6.78. The van der Waals surface area contributed by atoms with E-state index in [0.717, 1.165) is 5.92 Å². The van der Waals surface area contributed by atoms with Gasteiger partial charge in [0, 0.05) is 17.3 Å². The lowest BCUT2D eigenvalue weighted by atomic mass is 9.87. The molecule has 2 atom stereocenters. The molecule has 1 rings (SSSR count). The Morgan fingerprint density at radius 2 is 1.81 bits per heavy atom. The fourth-order valence-electron chi connectivity index (χ4n) is 2.55. The molecule has 0 radical (unpaired) electrons. The third-order valence-corrected chi connectivity index (χ3v) is 5.86. The molecule has 0 aromatic heterocycles. The van der Waals surface area contributed by atoms with Gasteiger partial charge >= 0.3 is 0 Å². The third kappa shape index (κ3) is 3.96. The second kappa shape index (κ2) is 6.90. The highest BCUT2D eigenvalue weighted by molar-refractivity contribution is 8.00. The Balaban J connectivity index is 2.38. The molecule has 0 aromatic carbocycles. The average molecular weight is 243 g/mol. The molecule has 2 heteroatoms. The summed E-state index contributed by atoms with van der Waals surface area (Å²) in [5.41, 5.74) is 0. The fourth-order valence-corrected chi connectivity index (χ4v) is 3.48. The van der Waals surface area contributed by atoms with Crippen molar-refractivity contribution in [2.24, 2.45) is 5.92 Å². The van der Waals surface area contributed by atoms with Gasteiger partial charge in [0.15, 0.2) is 0 Å². The van der Waals surface area contributed by atoms with Crippen molar-refractivity contribution < 1.29 is 0 Å². The monoisotopic (exact) mass is 243 g/mol. The zero-order chi connectivity index (χ0) is 12.0. The van der Waals surface area contributed by atoms with Gasteiger partial charge in [-0.15, -0.1) is 0 Å². The van der Waals surface area contributed by atoms with Gasteiger partial charge in [-0.3, -0.25) is 0 Å². The van der Waals surface area contributed by atoms with Gasteiger partial charge in [0.05, 0.1) is 0 Å². The van der Waals surface area contributed by atoms with Crippen LogP contribution in [0.1, 0.15) is 59.3 Å². The van der Waals surface area contributed by atoms with E-state index < -0.39 is 0 Å². The lowest BCUT2D eigenvalue weighted by Crippen LogP contribution is -2.44. The molecule has 0 aromatic rings. The molecule has 0 saturated heterocycles. The van der Waals surface area contributed by atoms with Gasteiger partial charge in [0.1, 0.15) is 0 Å². The Labute approximate surface area is 106 Å². The Hall–Kier alpha value is 0.310. The number of rotatable bonds is 6. The Morgan fingerprint density at radius 1 is 1.19 bits per heavy atom. The van der Waals surface area contributed by atoms with E-state index in [9.17, 15) is 0 Å². The van der Waals surface area contributed by atoms with Crippen LogP contribution < -0.4 is 5.32 Å². The molecule has 1 aliphatic rings. The van der Waals surface area contributed by atoms with Crippen LogP contribution in [0.2, 0.25) is 0 Å². The number of thioether (sulfide) groups is 1. The van der Waals surface area contributed by atoms with Crippen molar-refractivity contribution in [3.63, 3.8) is 0 Å². The van der Waals surface area contributed by atoms with Gasteiger partial charge in [0.2, 0.25) is 0 Å². The van der Waals surface area contributed by atoms with Crippen molar-refractivity contribution >= 4 is 11.8 Å². The Bertz CT molecular complexity index is 187. The minimum atomic E-state index is 0.542. The summed E-state index contributed by atoms with van der Waals surface area (Å²) >= 11 is 2.09. The van der Waals surface area contributed by atoms with Crippen LogP contribution in [0, 0.1) is 5.92 Å². The van der Waals surface area contributed by atoms with Crippen LogP contribution >= 0.6 is 11.8 Å². The highest BCUT2D eigenvalue weighted by Gasteiger charge is 2.31. The smallest absolute Gasteiger partial charge is 0.0281 e. The van der Waals surface area contributed by atoms with Gasteiger partial charge in [-0.05, 0) is 31.9 Å². The maximum atomic E-state index is 3.77. The van der Waals surface area contributed by atoms with Crippen molar-refractivity contribution in [3.8, 4) is 0 Å². The maximum absolute atomic E-state index is 3.77. The molecule has 1 fully saturated rings. The largest absolute Gasteiger partial charge is 0.313 e. The maximum Gasteiger partial charge on any atom is 0.0281 e. The van der Waals surface area contributed by atoms with E-state index in [2.05, 4.69) is 44.1 Å². The minimum absolute atomic E-state index is 0.542. The molecule has 1 nitrogen and oxygen atoms in total. The van der Waals surface area contributed by atoms with Crippen molar-refractivity contribution in [2.45, 2.75) is 70.1 Å². The van der Waals surface area contributed by atoms with Gasteiger partial charge in [0.25, 0.3) is 0 Å². The van der Waals surface area contributed by atoms with Gasteiger partial charge in [-0.25, -0.2) is 0 Å². The van der Waals surface area contributed by atoms with E-state index in [1.807, 2.05) is 0 Å². The summed E-state index contributed by atoms with van der Waals surface area (Å²) in [4.78, 5) is 0. The summed E-state index contributed by atoms with van der Waals surface area (Å²) in [6.07, 6.45) is 10.7. The molecular weight excluding hydrogens is 214 g/mol. The predicted molar refractivity (Wildman–Crippen MR) is 76.3 cm³/mol. The minimum Gasteiger partial charge on any atom is -0.313 e. The molecule has 1 aliphatic carbocycles. The van der Waals surface area contributed by atoms with E-state index in [0.29, 0.717) is 10.8 Å². The van der Waals surface area contributed by atoms with Crippen molar-refractivity contribution in [1.29, 1.82) is 0 Å². The highest BCUT2D eigenvalue weighted by atomic mass is 32.2. The SMILES string of the molecule is CCC(C)C(C)NCC1(SC)CCCCC1. The second-order valence-electron chi connectivity index (χ2n) is 5.50. The normalized spacial score (nSPS) is 24.0. The lowest BCUT2D eigenvalue weighted by Gasteiger charge is -2.37. The first-order chi connectivity index (χ1) is 7.63. The molecular formula is C14H29NS. The lowest BCUT2D eigenvalue weighted by molar-refractivity contribution is 0.330. The highest BCUT2D eigenvalue weighted by Crippen LogP contribution is 2.38. The van der Waals surface area contributed by atoms with E-state index in [4.69, 9.17) is 0 Å². The topological polar surface area (TPSA) is 12.0 Å². The van der Waals surface area contributed by atoms with Crippen LogP contribution in [-0.2, 0) is 0 Å². The summed E-state index contributed by atoms with van der Waals surface area (Å²) in [6.45, 7) is 8.18. The van der Waals surface area contributed by atoms with Gasteiger partial charge < -0.3 is 5.32 Å². The Kier molecular flexibility index (Phi) is 6.20. The molecule has 1 N–H and O–H groups in total. The van der Waals surface area contributed by atoms with Crippen LogP contribution in [0.4, 0.5) is 0 Å². The predicted octanol–water partition coefficient (Wildman–Crippen LogP) is 4.08. The van der Waals surface area contributed by atoms with E-state index in [1.165, 1.54) is 45.1 Å². The number of hydrogen-bond donors (Lipinski definition) is 1. The molecule has 0 bridgehead atoms. The van der Waals surface area contributed by atoms with Crippen LogP contribution in [0.3, 0.4) is 0 Å². The van der Waals surface area contributed by atoms with Crippen molar-refractivity contribution in [2.75, 3.05) is 12.8 Å². The number of hydrogen-bond acceptors (Lipinski definition) is 2. The molecule has 0 heterocycles. The first-order valence-corrected chi connectivity index (χ1v) is 8.14.